The van der Waals surface area contributed by atoms with Crippen molar-refractivity contribution >= 4 is 5.69 Å². The molecule has 0 saturated carbocycles. The maximum atomic E-state index is 12.4. The summed E-state index contributed by atoms with van der Waals surface area (Å²) in [6.45, 7) is 1.60. The second-order valence-electron chi connectivity index (χ2n) is 3.58. The van der Waals surface area contributed by atoms with Crippen molar-refractivity contribution < 1.29 is 13.2 Å². The van der Waals surface area contributed by atoms with Crippen LogP contribution in [0.4, 0.5) is 18.9 Å². The Morgan fingerprint density at radius 1 is 1.27 bits per heavy atom. The van der Waals surface area contributed by atoms with Gasteiger partial charge >= 0.3 is 6.18 Å². The van der Waals surface area contributed by atoms with E-state index >= 15 is 0 Å². The van der Waals surface area contributed by atoms with Gasteiger partial charge in [-0.05, 0) is 18.2 Å². The first kappa shape index (κ1) is 10.3. The Morgan fingerprint density at radius 3 is 2.53 bits per heavy atom. The molecule has 5 heteroatoms. The third-order valence-corrected chi connectivity index (χ3v) is 2.34. The van der Waals surface area contributed by atoms with Gasteiger partial charge in [0.2, 0.25) is 0 Å². The van der Waals surface area contributed by atoms with Crippen molar-refractivity contribution in [2.45, 2.75) is 12.2 Å². The van der Waals surface area contributed by atoms with Gasteiger partial charge in [-0.15, -0.1) is 0 Å². The summed E-state index contributed by atoms with van der Waals surface area (Å²) in [5.41, 5.74) is -0.0869. The molecule has 0 atom stereocenters. The monoisotopic (exact) mass is 216 g/mol. The molecule has 15 heavy (non-hydrogen) atoms. The third kappa shape index (κ3) is 2.41. The van der Waals surface area contributed by atoms with Crippen LogP contribution >= 0.6 is 0 Å². The van der Waals surface area contributed by atoms with E-state index in [9.17, 15) is 13.2 Å². The standard InChI is InChI=1S/C10H11F3N2/c11-10(12,13)7-2-1-3-8(4-7)15-9-5-14-6-9/h1-4,9,14-15H,5-6H2. The Kier molecular flexibility index (Phi) is 2.56. The van der Waals surface area contributed by atoms with E-state index < -0.39 is 11.7 Å². The second-order valence-corrected chi connectivity index (χ2v) is 3.58. The van der Waals surface area contributed by atoms with Gasteiger partial charge in [0.1, 0.15) is 0 Å². The van der Waals surface area contributed by atoms with Gasteiger partial charge in [-0.3, -0.25) is 0 Å². The number of rotatable bonds is 2. The van der Waals surface area contributed by atoms with E-state index in [1.165, 1.54) is 6.07 Å². The molecule has 1 fully saturated rings. The minimum absolute atomic E-state index is 0.244. The van der Waals surface area contributed by atoms with Crippen LogP contribution in [0.2, 0.25) is 0 Å². The molecule has 1 aromatic carbocycles. The summed E-state index contributed by atoms with van der Waals surface area (Å²) in [6, 6.07) is 5.52. The summed E-state index contributed by atoms with van der Waals surface area (Å²) in [7, 11) is 0. The number of benzene rings is 1. The van der Waals surface area contributed by atoms with Gasteiger partial charge in [-0.1, -0.05) is 6.07 Å². The lowest BCUT2D eigenvalue weighted by atomic mass is 10.1. The van der Waals surface area contributed by atoms with Crippen molar-refractivity contribution in [3.63, 3.8) is 0 Å². The molecule has 0 aromatic heterocycles. The van der Waals surface area contributed by atoms with Gasteiger partial charge in [0.15, 0.2) is 0 Å². The molecule has 0 amide bonds. The zero-order valence-electron chi connectivity index (χ0n) is 7.93. The highest BCUT2D eigenvalue weighted by atomic mass is 19.4. The molecule has 2 nitrogen and oxygen atoms in total. The minimum Gasteiger partial charge on any atom is -0.380 e. The highest BCUT2D eigenvalue weighted by molar-refractivity contribution is 5.47. The lowest BCUT2D eigenvalue weighted by Gasteiger charge is -2.29. The maximum absolute atomic E-state index is 12.4. The van der Waals surface area contributed by atoms with E-state index in [4.69, 9.17) is 0 Å². The predicted molar refractivity (Wildman–Crippen MR) is 51.7 cm³/mol. The fraction of sp³-hybridized carbons (Fsp3) is 0.400. The van der Waals surface area contributed by atoms with Crippen molar-refractivity contribution in [2.24, 2.45) is 0 Å². The van der Waals surface area contributed by atoms with Gasteiger partial charge in [-0.2, -0.15) is 13.2 Å². The quantitative estimate of drug-likeness (QED) is 0.791. The van der Waals surface area contributed by atoms with Gasteiger partial charge in [-0.25, -0.2) is 0 Å². The lowest BCUT2D eigenvalue weighted by molar-refractivity contribution is -0.137. The SMILES string of the molecule is FC(F)(F)c1cccc(NC2CNC2)c1. The summed E-state index contributed by atoms with van der Waals surface area (Å²) in [4.78, 5) is 0. The number of alkyl halides is 3. The maximum Gasteiger partial charge on any atom is 0.416 e. The molecule has 1 aliphatic rings. The molecule has 82 valence electrons. The summed E-state index contributed by atoms with van der Waals surface area (Å²) in [6.07, 6.45) is -4.27. The Morgan fingerprint density at radius 2 is 2.00 bits per heavy atom. The van der Waals surface area contributed by atoms with Crippen LogP contribution in [-0.2, 0) is 6.18 Å². The first-order valence-corrected chi connectivity index (χ1v) is 4.70. The summed E-state index contributed by atoms with van der Waals surface area (Å²) in [5, 5.41) is 6.07. The zero-order valence-corrected chi connectivity index (χ0v) is 7.93. The van der Waals surface area contributed by atoms with Crippen molar-refractivity contribution in [1.29, 1.82) is 0 Å². The highest BCUT2D eigenvalue weighted by Gasteiger charge is 2.30. The number of hydrogen-bond acceptors (Lipinski definition) is 2. The van der Waals surface area contributed by atoms with Gasteiger partial charge < -0.3 is 10.6 Å². The topological polar surface area (TPSA) is 24.1 Å². The predicted octanol–water partition coefficient (Wildman–Crippen LogP) is 2.09. The second kappa shape index (κ2) is 3.73. The Balaban J connectivity index is 2.11. The first-order chi connectivity index (χ1) is 7.05. The number of hydrogen-bond donors (Lipinski definition) is 2. The normalized spacial score (nSPS) is 17.3. The Bertz CT molecular complexity index is 345. The fourth-order valence-electron chi connectivity index (χ4n) is 1.41. The molecule has 1 heterocycles. The molecular weight excluding hydrogens is 205 g/mol. The van der Waals surface area contributed by atoms with E-state index in [-0.39, 0.29) is 6.04 Å². The summed E-state index contributed by atoms with van der Waals surface area (Å²) in [5.74, 6) is 0. The summed E-state index contributed by atoms with van der Waals surface area (Å²) >= 11 is 0. The smallest absolute Gasteiger partial charge is 0.380 e. The molecule has 0 radical (unpaired) electrons. The van der Waals surface area contributed by atoms with E-state index in [0.29, 0.717) is 5.69 Å². The van der Waals surface area contributed by atoms with E-state index in [0.717, 1.165) is 25.2 Å². The average Bonchev–Trinajstić information content (AvgIpc) is 2.11. The molecule has 0 unspecified atom stereocenters. The fourth-order valence-corrected chi connectivity index (χ4v) is 1.41. The van der Waals surface area contributed by atoms with Gasteiger partial charge in [0.25, 0.3) is 0 Å². The Hall–Kier alpha value is -1.23. The van der Waals surface area contributed by atoms with Crippen molar-refractivity contribution in [1.82, 2.24) is 5.32 Å². The zero-order chi connectivity index (χ0) is 10.9. The van der Waals surface area contributed by atoms with Gasteiger partial charge in [0.05, 0.1) is 11.6 Å². The molecule has 1 aliphatic heterocycles. The molecule has 2 rings (SSSR count). The minimum atomic E-state index is -4.27. The Labute approximate surface area is 85.5 Å². The van der Waals surface area contributed by atoms with Crippen LogP contribution in [0.3, 0.4) is 0 Å². The summed E-state index contributed by atoms with van der Waals surface area (Å²) < 4.78 is 37.1. The molecule has 0 bridgehead atoms. The molecule has 1 saturated heterocycles. The van der Waals surface area contributed by atoms with Crippen LogP contribution < -0.4 is 10.6 Å². The molecule has 0 spiro atoms. The molecular formula is C10H11F3N2. The van der Waals surface area contributed by atoms with E-state index in [1.807, 2.05) is 0 Å². The number of nitrogens with one attached hydrogen (secondary N) is 2. The van der Waals surface area contributed by atoms with Crippen LogP contribution in [0.5, 0.6) is 0 Å². The third-order valence-electron chi connectivity index (χ3n) is 2.34. The lowest BCUT2D eigenvalue weighted by Crippen LogP contribution is -2.51. The first-order valence-electron chi connectivity index (χ1n) is 4.70. The van der Waals surface area contributed by atoms with Crippen LogP contribution in [0, 0.1) is 0 Å². The van der Waals surface area contributed by atoms with Gasteiger partial charge in [0, 0.05) is 18.8 Å². The van der Waals surface area contributed by atoms with Crippen LogP contribution in [-0.4, -0.2) is 19.1 Å². The number of anilines is 1. The van der Waals surface area contributed by atoms with Crippen molar-refractivity contribution in [3.05, 3.63) is 29.8 Å². The van der Waals surface area contributed by atoms with Crippen molar-refractivity contribution in [3.8, 4) is 0 Å². The largest absolute Gasteiger partial charge is 0.416 e. The van der Waals surface area contributed by atoms with Crippen LogP contribution in [0.15, 0.2) is 24.3 Å². The van der Waals surface area contributed by atoms with E-state index in [1.54, 1.807) is 6.07 Å². The molecule has 2 N–H and O–H groups in total. The number of halogens is 3. The average molecular weight is 216 g/mol. The highest BCUT2D eigenvalue weighted by Crippen LogP contribution is 2.30. The van der Waals surface area contributed by atoms with Crippen LogP contribution in [0.25, 0.3) is 0 Å². The van der Waals surface area contributed by atoms with Crippen LogP contribution in [0.1, 0.15) is 5.56 Å². The molecule has 1 aromatic rings. The van der Waals surface area contributed by atoms with Crippen molar-refractivity contribution in [2.75, 3.05) is 18.4 Å². The molecule has 0 aliphatic carbocycles. The van der Waals surface area contributed by atoms with E-state index in [2.05, 4.69) is 10.6 Å².